The number of hydrogen-bond donors (Lipinski definition) is 0. The van der Waals surface area contributed by atoms with Gasteiger partial charge in [0, 0.05) is 29.6 Å². The molecule has 1 aromatic heterocycles. The van der Waals surface area contributed by atoms with Crippen molar-refractivity contribution < 1.29 is 9.53 Å². The average molecular weight is 513 g/mol. The highest BCUT2D eigenvalue weighted by molar-refractivity contribution is 8.08. The van der Waals surface area contributed by atoms with E-state index >= 15 is 0 Å². The first-order valence-electron chi connectivity index (χ1n) is 10.6. The van der Waals surface area contributed by atoms with Crippen LogP contribution in [0.1, 0.15) is 13.8 Å². The number of ether oxygens (including phenoxy) is 1. The fourth-order valence-corrected chi connectivity index (χ4v) is 6.69. The van der Waals surface area contributed by atoms with E-state index in [0.29, 0.717) is 37.7 Å². The first-order chi connectivity index (χ1) is 16.3. The third-order valence-electron chi connectivity index (χ3n) is 5.74. The van der Waals surface area contributed by atoms with Gasteiger partial charge in [-0.15, -0.1) is 11.3 Å². The number of aromatic nitrogens is 1. The molecular weight excluding hydrogens is 492 g/mol. The molecule has 0 saturated carbocycles. The molecule has 3 aromatic rings. The van der Waals surface area contributed by atoms with E-state index in [9.17, 15) is 9.59 Å². The SMILES string of the molecule is CCn1c(=C2C(=O)N(c3ccc(Cl)cc3)N=C2C)sc(=C2Sc3ccc(OC)cc3N2C)c1=O. The van der Waals surface area contributed by atoms with Gasteiger partial charge in [0.1, 0.15) is 20.0 Å². The van der Waals surface area contributed by atoms with E-state index in [1.54, 1.807) is 54.6 Å². The average Bonchev–Trinajstić information content (AvgIpc) is 3.44. The number of nitrogens with zero attached hydrogens (tertiary/aromatic N) is 4. The summed E-state index contributed by atoms with van der Waals surface area (Å²) >= 11 is 8.87. The summed E-state index contributed by atoms with van der Waals surface area (Å²) < 4.78 is 8.22. The summed E-state index contributed by atoms with van der Waals surface area (Å²) in [4.78, 5) is 30.0. The lowest BCUT2D eigenvalue weighted by Gasteiger charge is -2.13. The van der Waals surface area contributed by atoms with E-state index in [4.69, 9.17) is 16.3 Å². The van der Waals surface area contributed by atoms with E-state index < -0.39 is 0 Å². The minimum atomic E-state index is -0.264. The van der Waals surface area contributed by atoms with Crippen LogP contribution in [0.15, 0.2) is 57.3 Å². The number of halogens is 1. The molecule has 174 valence electrons. The summed E-state index contributed by atoms with van der Waals surface area (Å²) in [6.45, 7) is 4.14. The normalized spacial score (nSPS) is 18.5. The molecule has 34 heavy (non-hydrogen) atoms. The molecule has 5 rings (SSSR count). The quantitative estimate of drug-likeness (QED) is 0.537. The number of carbonyl (C=O) groups is 1. The Labute approximate surface area is 209 Å². The van der Waals surface area contributed by atoms with Crippen LogP contribution in [0.2, 0.25) is 5.02 Å². The number of anilines is 2. The van der Waals surface area contributed by atoms with Crippen molar-refractivity contribution in [1.82, 2.24) is 4.57 Å². The molecule has 0 N–H and O–H groups in total. The van der Waals surface area contributed by atoms with Crippen molar-refractivity contribution >= 4 is 68.3 Å². The smallest absolute Gasteiger partial charge is 0.283 e. The third kappa shape index (κ3) is 3.55. The number of thiazole rings is 1. The van der Waals surface area contributed by atoms with Crippen LogP contribution >= 0.6 is 34.7 Å². The Hall–Kier alpha value is -3.01. The molecule has 1 amide bonds. The summed E-state index contributed by atoms with van der Waals surface area (Å²) in [5.74, 6) is 0.492. The highest BCUT2D eigenvalue weighted by atomic mass is 35.5. The van der Waals surface area contributed by atoms with Gasteiger partial charge in [-0.25, -0.2) is 0 Å². The van der Waals surface area contributed by atoms with Crippen LogP contribution in [0.4, 0.5) is 11.4 Å². The van der Waals surface area contributed by atoms with Crippen LogP contribution in [0.3, 0.4) is 0 Å². The Morgan fingerprint density at radius 2 is 1.85 bits per heavy atom. The van der Waals surface area contributed by atoms with Gasteiger partial charge in [0.25, 0.3) is 11.5 Å². The van der Waals surface area contributed by atoms with E-state index in [1.807, 2.05) is 37.1 Å². The molecule has 0 spiro atoms. The first kappa shape index (κ1) is 22.8. The molecule has 0 fully saturated rings. The molecule has 0 saturated heterocycles. The van der Waals surface area contributed by atoms with Gasteiger partial charge in [-0.05, 0) is 50.2 Å². The number of thioether (sulfide) groups is 1. The first-order valence-corrected chi connectivity index (χ1v) is 12.6. The number of methoxy groups -OCH3 is 1. The summed E-state index contributed by atoms with van der Waals surface area (Å²) in [6, 6.07) is 12.8. The molecule has 0 unspecified atom stereocenters. The lowest BCUT2D eigenvalue weighted by molar-refractivity contribution is -0.112. The summed E-state index contributed by atoms with van der Waals surface area (Å²) in [5.41, 5.74) is 2.49. The van der Waals surface area contributed by atoms with Gasteiger partial charge in [0.2, 0.25) is 0 Å². The molecule has 2 aliphatic heterocycles. The van der Waals surface area contributed by atoms with Gasteiger partial charge in [-0.1, -0.05) is 23.4 Å². The monoisotopic (exact) mass is 512 g/mol. The highest BCUT2D eigenvalue weighted by Gasteiger charge is 2.32. The molecule has 0 bridgehead atoms. The second kappa shape index (κ2) is 8.65. The van der Waals surface area contributed by atoms with E-state index in [-0.39, 0.29) is 11.5 Å². The zero-order valence-corrected chi connectivity index (χ0v) is 21.3. The second-order valence-electron chi connectivity index (χ2n) is 7.74. The molecular formula is C24H21ClN4O3S2. The van der Waals surface area contributed by atoms with Crippen molar-refractivity contribution in [3.63, 3.8) is 0 Å². The lowest BCUT2D eigenvalue weighted by atomic mass is 10.2. The molecule has 10 heteroatoms. The molecule has 2 aromatic carbocycles. The number of carbonyl (C=O) groups excluding carboxylic acids is 1. The van der Waals surface area contributed by atoms with Crippen molar-refractivity contribution in [3.8, 4) is 5.75 Å². The van der Waals surface area contributed by atoms with Crippen LogP contribution in [0, 0.1) is 0 Å². The fourth-order valence-electron chi connectivity index (χ4n) is 3.98. The van der Waals surface area contributed by atoms with Crippen LogP contribution in [-0.2, 0) is 11.3 Å². The molecule has 0 atom stereocenters. The standard InChI is InChI=1S/C24H21ClN4O3S2/c1-5-28-22(31)20(24-27(3)17-12-16(32-4)10-11-18(17)33-24)34-23(28)19-13(2)26-29(21(19)30)15-8-6-14(25)7-9-15/h6-12H,5H2,1-4H3. The van der Waals surface area contributed by atoms with Crippen molar-refractivity contribution in [2.24, 2.45) is 5.10 Å². The molecule has 2 aliphatic rings. The zero-order valence-electron chi connectivity index (χ0n) is 19.0. The number of rotatable bonds is 3. The zero-order chi connectivity index (χ0) is 24.1. The van der Waals surface area contributed by atoms with E-state index in [1.165, 1.54) is 16.3 Å². The van der Waals surface area contributed by atoms with Gasteiger partial charge >= 0.3 is 0 Å². The van der Waals surface area contributed by atoms with Gasteiger partial charge < -0.3 is 9.64 Å². The molecule has 7 nitrogen and oxygen atoms in total. The molecule has 0 radical (unpaired) electrons. The van der Waals surface area contributed by atoms with Gasteiger partial charge in [-0.3, -0.25) is 14.2 Å². The summed E-state index contributed by atoms with van der Waals surface area (Å²) in [6.07, 6.45) is 0. The van der Waals surface area contributed by atoms with Crippen LogP contribution < -0.4 is 29.4 Å². The van der Waals surface area contributed by atoms with Crippen molar-refractivity contribution in [2.45, 2.75) is 25.3 Å². The summed E-state index contributed by atoms with van der Waals surface area (Å²) in [5, 5.41) is 7.25. The predicted molar refractivity (Wildman–Crippen MR) is 140 cm³/mol. The van der Waals surface area contributed by atoms with E-state index in [0.717, 1.165) is 21.4 Å². The number of hydrazone groups is 1. The Balaban J connectivity index is 1.68. The number of fused-ring (bicyclic) bond motifs is 1. The second-order valence-corrected chi connectivity index (χ2v) is 10.2. The van der Waals surface area contributed by atoms with E-state index in [2.05, 4.69) is 5.10 Å². The Kier molecular flexibility index (Phi) is 5.79. The Bertz CT molecular complexity index is 1540. The Morgan fingerprint density at radius 3 is 2.53 bits per heavy atom. The minimum Gasteiger partial charge on any atom is -0.497 e. The summed E-state index contributed by atoms with van der Waals surface area (Å²) in [7, 11) is 3.57. The predicted octanol–water partition coefficient (Wildman–Crippen LogP) is 3.47. The third-order valence-corrected chi connectivity index (χ3v) is 8.54. The van der Waals surface area contributed by atoms with Crippen LogP contribution in [0.25, 0.3) is 10.6 Å². The van der Waals surface area contributed by atoms with Crippen molar-refractivity contribution in [3.05, 3.63) is 67.0 Å². The minimum absolute atomic E-state index is 0.116. The van der Waals surface area contributed by atoms with Gasteiger partial charge in [0.15, 0.2) is 0 Å². The van der Waals surface area contributed by atoms with Gasteiger partial charge in [-0.2, -0.15) is 10.1 Å². The number of benzene rings is 2. The fraction of sp³-hybridized carbons (Fsp3) is 0.208. The van der Waals surface area contributed by atoms with Crippen LogP contribution in [-0.4, -0.2) is 30.3 Å². The topological polar surface area (TPSA) is 67.1 Å². The van der Waals surface area contributed by atoms with Crippen molar-refractivity contribution in [1.29, 1.82) is 0 Å². The number of amides is 1. The Morgan fingerprint density at radius 1 is 1.12 bits per heavy atom. The largest absolute Gasteiger partial charge is 0.497 e. The highest BCUT2D eigenvalue weighted by Crippen LogP contribution is 2.46. The van der Waals surface area contributed by atoms with Gasteiger partial charge in [0.05, 0.1) is 29.8 Å². The van der Waals surface area contributed by atoms with Crippen LogP contribution in [0.5, 0.6) is 5.75 Å². The van der Waals surface area contributed by atoms with Crippen molar-refractivity contribution in [2.75, 3.05) is 24.1 Å². The lowest BCUT2D eigenvalue weighted by Crippen LogP contribution is -2.35. The number of hydrogen-bond acceptors (Lipinski definition) is 7. The maximum absolute atomic E-state index is 13.5. The maximum atomic E-state index is 13.5. The molecule has 0 aliphatic carbocycles. The maximum Gasteiger partial charge on any atom is 0.283 e. The molecule has 3 heterocycles.